The Hall–Kier alpha value is -1.22. The van der Waals surface area contributed by atoms with Crippen LogP contribution in [0.2, 0.25) is 0 Å². The van der Waals surface area contributed by atoms with Crippen molar-refractivity contribution in [1.82, 2.24) is 4.98 Å². The van der Waals surface area contributed by atoms with Crippen molar-refractivity contribution in [3.63, 3.8) is 0 Å². The van der Waals surface area contributed by atoms with E-state index in [0.29, 0.717) is 12.0 Å². The van der Waals surface area contributed by atoms with Gasteiger partial charge < -0.3 is 0 Å². The fraction of sp³-hybridized carbons (Fsp3) is 0.214. The molecule has 1 atom stereocenters. The second-order valence-corrected chi connectivity index (χ2v) is 5.12. The van der Waals surface area contributed by atoms with Crippen molar-refractivity contribution in [3.8, 4) is 0 Å². The number of aryl methyl sites for hydroxylation is 1. The van der Waals surface area contributed by atoms with Crippen molar-refractivity contribution in [2.24, 2.45) is 0 Å². The first kappa shape index (κ1) is 12.2. The number of alkyl halides is 1. The third-order valence-corrected chi connectivity index (χ3v) is 3.42. The highest BCUT2D eigenvalue weighted by Gasteiger charge is 2.13. The second kappa shape index (κ2) is 5.41. The van der Waals surface area contributed by atoms with Gasteiger partial charge in [-0.05, 0) is 30.7 Å². The van der Waals surface area contributed by atoms with E-state index in [9.17, 15) is 4.39 Å². The van der Waals surface area contributed by atoms with Crippen LogP contribution >= 0.6 is 15.9 Å². The van der Waals surface area contributed by atoms with E-state index in [2.05, 4.69) is 20.9 Å². The Balaban J connectivity index is 2.17. The summed E-state index contributed by atoms with van der Waals surface area (Å²) in [5, 5.41) is 0. The molecule has 0 amide bonds. The van der Waals surface area contributed by atoms with Gasteiger partial charge in [0.25, 0.3) is 0 Å². The first-order chi connectivity index (χ1) is 8.16. The highest BCUT2D eigenvalue weighted by molar-refractivity contribution is 9.09. The van der Waals surface area contributed by atoms with E-state index in [1.165, 1.54) is 0 Å². The molecule has 0 saturated carbocycles. The predicted molar refractivity (Wildman–Crippen MR) is 70.7 cm³/mol. The van der Waals surface area contributed by atoms with Crippen LogP contribution in [0.25, 0.3) is 0 Å². The van der Waals surface area contributed by atoms with Gasteiger partial charge >= 0.3 is 0 Å². The number of hydrogen-bond acceptors (Lipinski definition) is 1. The number of hydrogen-bond donors (Lipinski definition) is 0. The smallest absolute Gasteiger partial charge is 0.127 e. The van der Waals surface area contributed by atoms with Crippen molar-refractivity contribution in [2.75, 3.05) is 0 Å². The molecule has 1 unspecified atom stereocenters. The minimum Gasteiger partial charge on any atom is -0.261 e. The molecule has 0 aliphatic rings. The summed E-state index contributed by atoms with van der Waals surface area (Å²) in [4.78, 5) is 4.20. The van der Waals surface area contributed by atoms with Crippen LogP contribution in [-0.2, 0) is 6.42 Å². The highest BCUT2D eigenvalue weighted by atomic mass is 79.9. The molecule has 0 saturated heterocycles. The summed E-state index contributed by atoms with van der Waals surface area (Å²) in [5.74, 6) is -0.164. The summed E-state index contributed by atoms with van der Waals surface area (Å²) >= 11 is 3.52. The van der Waals surface area contributed by atoms with Gasteiger partial charge in [-0.25, -0.2) is 4.39 Å². The van der Waals surface area contributed by atoms with Crippen LogP contribution in [-0.4, -0.2) is 4.98 Å². The first-order valence-electron chi connectivity index (χ1n) is 5.47. The molecular weight excluding hydrogens is 281 g/mol. The standard InChI is InChI=1S/C14H13BrFN/c1-10-5-6-12(14(16)8-10)13(15)9-11-4-2-3-7-17-11/h2-8,13H,9H2,1H3. The van der Waals surface area contributed by atoms with Crippen LogP contribution in [0.3, 0.4) is 0 Å². The Morgan fingerprint density at radius 2 is 2.12 bits per heavy atom. The lowest BCUT2D eigenvalue weighted by Crippen LogP contribution is -2.00. The molecule has 2 rings (SSSR count). The number of rotatable bonds is 3. The summed E-state index contributed by atoms with van der Waals surface area (Å²) in [6, 6.07) is 11.1. The fourth-order valence-corrected chi connectivity index (χ4v) is 2.40. The van der Waals surface area contributed by atoms with Crippen LogP contribution in [0.1, 0.15) is 21.6 Å². The van der Waals surface area contributed by atoms with Gasteiger partial charge in [-0.1, -0.05) is 34.1 Å². The molecule has 0 fully saturated rings. The van der Waals surface area contributed by atoms with Crippen LogP contribution in [0.4, 0.5) is 4.39 Å². The summed E-state index contributed by atoms with van der Waals surface area (Å²) < 4.78 is 13.8. The maximum Gasteiger partial charge on any atom is 0.127 e. The number of aromatic nitrogens is 1. The molecule has 2 aromatic rings. The molecule has 0 aliphatic heterocycles. The molecule has 0 bridgehead atoms. The topological polar surface area (TPSA) is 12.9 Å². The minimum absolute atomic E-state index is 0.0435. The molecule has 0 spiro atoms. The lowest BCUT2D eigenvalue weighted by molar-refractivity contribution is 0.606. The van der Waals surface area contributed by atoms with E-state index in [4.69, 9.17) is 0 Å². The Morgan fingerprint density at radius 1 is 1.29 bits per heavy atom. The normalized spacial score (nSPS) is 12.4. The molecule has 0 radical (unpaired) electrons. The molecule has 1 heterocycles. The average Bonchev–Trinajstić information content (AvgIpc) is 2.30. The molecule has 0 aliphatic carbocycles. The molecule has 1 aromatic heterocycles. The molecular formula is C14H13BrFN. The van der Waals surface area contributed by atoms with Gasteiger partial charge in [-0.2, -0.15) is 0 Å². The van der Waals surface area contributed by atoms with Gasteiger partial charge in [0.15, 0.2) is 0 Å². The van der Waals surface area contributed by atoms with Crippen LogP contribution < -0.4 is 0 Å². The Morgan fingerprint density at radius 3 is 2.76 bits per heavy atom. The van der Waals surface area contributed by atoms with Crippen molar-refractivity contribution < 1.29 is 4.39 Å². The molecule has 17 heavy (non-hydrogen) atoms. The van der Waals surface area contributed by atoms with Gasteiger partial charge in [0.05, 0.1) is 0 Å². The van der Waals surface area contributed by atoms with E-state index >= 15 is 0 Å². The first-order valence-corrected chi connectivity index (χ1v) is 6.38. The fourth-order valence-electron chi connectivity index (χ4n) is 1.70. The molecule has 3 heteroatoms. The van der Waals surface area contributed by atoms with Crippen molar-refractivity contribution >= 4 is 15.9 Å². The third-order valence-electron chi connectivity index (χ3n) is 2.61. The zero-order valence-corrected chi connectivity index (χ0v) is 11.1. The maximum atomic E-state index is 13.8. The number of nitrogens with zero attached hydrogens (tertiary/aromatic N) is 1. The second-order valence-electron chi connectivity index (χ2n) is 4.02. The van der Waals surface area contributed by atoms with Gasteiger partial charge in [-0.15, -0.1) is 0 Å². The van der Waals surface area contributed by atoms with Crippen molar-refractivity contribution in [1.29, 1.82) is 0 Å². The summed E-state index contributed by atoms with van der Waals surface area (Å²) in [6.45, 7) is 1.88. The predicted octanol–water partition coefficient (Wildman–Crippen LogP) is 4.21. The monoisotopic (exact) mass is 293 g/mol. The van der Waals surface area contributed by atoms with E-state index < -0.39 is 0 Å². The van der Waals surface area contributed by atoms with Gasteiger partial charge in [0.1, 0.15) is 5.82 Å². The lowest BCUT2D eigenvalue weighted by Gasteiger charge is -2.11. The van der Waals surface area contributed by atoms with E-state index in [1.54, 1.807) is 12.3 Å². The van der Waals surface area contributed by atoms with E-state index in [-0.39, 0.29) is 10.6 Å². The molecule has 88 valence electrons. The Bertz CT molecular complexity index is 499. The SMILES string of the molecule is Cc1ccc(C(Br)Cc2ccccn2)c(F)c1. The number of benzene rings is 1. The number of pyridine rings is 1. The summed E-state index contributed by atoms with van der Waals surface area (Å²) in [5.41, 5.74) is 2.57. The van der Waals surface area contributed by atoms with E-state index in [0.717, 1.165) is 11.3 Å². The highest BCUT2D eigenvalue weighted by Crippen LogP contribution is 2.28. The van der Waals surface area contributed by atoms with E-state index in [1.807, 2.05) is 37.3 Å². The minimum atomic E-state index is -0.164. The molecule has 0 N–H and O–H groups in total. The average molecular weight is 294 g/mol. The summed E-state index contributed by atoms with van der Waals surface area (Å²) in [6.07, 6.45) is 2.43. The van der Waals surface area contributed by atoms with Crippen molar-refractivity contribution in [3.05, 3.63) is 65.2 Å². The van der Waals surface area contributed by atoms with Crippen molar-refractivity contribution in [2.45, 2.75) is 18.2 Å². The van der Waals surface area contributed by atoms with Gasteiger partial charge in [-0.3, -0.25) is 4.98 Å². The Kier molecular flexibility index (Phi) is 3.89. The third kappa shape index (κ3) is 3.13. The summed E-state index contributed by atoms with van der Waals surface area (Å²) in [7, 11) is 0. The van der Waals surface area contributed by atoms with Crippen LogP contribution in [0.5, 0.6) is 0 Å². The zero-order valence-electron chi connectivity index (χ0n) is 9.53. The molecule has 1 nitrogen and oxygen atoms in total. The van der Waals surface area contributed by atoms with Gasteiger partial charge in [0.2, 0.25) is 0 Å². The Labute approximate surface area is 109 Å². The van der Waals surface area contributed by atoms with Crippen LogP contribution in [0.15, 0.2) is 42.6 Å². The quantitative estimate of drug-likeness (QED) is 0.773. The maximum absolute atomic E-state index is 13.8. The molecule has 1 aromatic carbocycles. The lowest BCUT2D eigenvalue weighted by atomic mass is 10.1. The number of halogens is 2. The zero-order chi connectivity index (χ0) is 12.3. The van der Waals surface area contributed by atoms with Crippen LogP contribution in [0, 0.1) is 12.7 Å². The largest absolute Gasteiger partial charge is 0.261 e. The van der Waals surface area contributed by atoms with Gasteiger partial charge in [0, 0.05) is 28.7 Å².